The van der Waals surface area contributed by atoms with Gasteiger partial charge in [-0.05, 0) is 41.8 Å². The highest BCUT2D eigenvalue weighted by Gasteiger charge is 2.75. The molecule has 14 heteroatoms. The van der Waals surface area contributed by atoms with Crippen LogP contribution in [0.15, 0.2) is 60.7 Å². The third kappa shape index (κ3) is 4.53. The molecule has 1 saturated heterocycles. The van der Waals surface area contributed by atoms with E-state index in [1.165, 1.54) is 35.2 Å². The van der Waals surface area contributed by atoms with Gasteiger partial charge >= 0.3 is 35.6 Å². The lowest BCUT2D eigenvalue weighted by molar-refractivity contribution is -0.425. The molecule has 0 saturated carbocycles. The Morgan fingerprint density at radius 1 is 0.795 bits per heavy atom. The number of hydrogen-bond acceptors (Lipinski definition) is 11. The van der Waals surface area contributed by atoms with Crippen LogP contribution in [0.2, 0.25) is 0 Å². The van der Waals surface area contributed by atoms with Crippen LogP contribution in [-0.4, -0.2) is 75.2 Å². The largest absolute Gasteiger partial charge is 0.409 e. The van der Waals surface area contributed by atoms with Gasteiger partial charge < -0.3 is 18.9 Å². The van der Waals surface area contributed by atoms with Crippen molar-refractivity contribution >= 4 is 34.8 Å². The van der Waals surface area contributed by atoms with Gasteiger partial charge in [-0.25, -0.2) is 32.9 Å². The number of likely N-dealkylation sites (tertiary alicyclic amines) is 1. The molecule has 4 aliphatic rings. The number of ether oxygens (including phenoxy) is 4. The molecule has 12 nitrogen and oxygen atoms in total. The number of aromatic amines is 1. The van der Waals surface area contributed by atoms with E-state index in [4.69, 9.17) is 18.9 Å². The van der Waals surface area contributed by atoms with E-state index in [0.29, 0.717) is 25.0 Å². The maximum absolute atomic E-state index is 14.0. The minimum Gasteiger partial charge on any atom is -0.409 e. The topological polar surface area (TPSA) is 140 Å². The number of esters is 4. The Morgan fingerprint density at radius 3 is 2.11 bits per heavy atom. The van der Waals surface area contributed by atoms with Crippen molar-refractivity contribution in [3.8, 4) is 0 Å². The zero-order chi connectivity index (χ0) is 30.6. The first kappa shape index (κ1) is 27.9. The molecule has 0 aliphatic carbocycles. The molecule has 4 aliphatic heterocycles. The van der Waals surface area contributed by atoms with Crippen LogP contribution in [-0.2, 0) is 51.2 Å². The minimum absolute atomic E-state index is 0.0724. The SMILES string of the molecule is O=C1C=CC(=O)OC2(O1)C(c1[nH]nc3cc(F)ccc13)CCN(CCN1Cc3ccc(F)cc3C1)C21OC(=O)C=CC(=O)O1. The molecular formula is C30H24F2N4O8. The van der Waals surface area contributed by atoms with Gasteiger partial charge in [-0.3, -0.25) is 10.00 Å². The normalized spacial score (nSPS) is 22.8. The van der Waals surface area contributed by atoms with Crippen molar-refractivity contribution in [1.82, 2.24) is 20.0 Å². The standard InChI is InChI=1S/C30H24F2N4O8/c31-19-2-1-17-15-35(16-18(17)13-19)11-12-36-10-9-22(28-21-4-3-20(32)14-23(21)33-34-28)29(41-24(37)5-6-25(38)42-29)30(36)43-26(39)7-8-27(40)44-30/h1-8,13-14,22H,9-12,15-16H2,(H,33,34). The smallest absolute Gasteiger partial charge is 0.403 e. The second kappa shape index (κ2) is 10.3. The number of nitrogens with one attached hydrogen (secondary N) is 1. The van der Waals surface area contributed by atoms with Crippen molar-refractivity contribution in [2.45, 2.75) is 37.1 Å². The van der Waals surface area contributed by atoms with Crippen molar-refractivity contribution < 1.29 is 46.9 Å². The first-order valence-electron chi connectivity index (χ1n) is 13.8. The highest BCUT2D eigenvalue weighted by atomic mass is 19.1. The van der Waals surface area contributed by atoms with E-state index in [2.05, 4.69) is 10.2 Å². The fourth-order valence-corrected chi connectivity index (χ4v) is 6.35. The van der Waals surface area contributed by atoms with Gasteiger partial charge in [-0.15, -0.1) is 0 Å². The lowest BCUT2D eigenvalue weighted by Crippen LogP contribution is -2.76. The zero-order valence-corrected chi connectivity index (χ0v) is 23.0. The number of halogens is 2. The summed E-state index contributed by atoms with van der Waals surface area (Å²) in [5.74, 6) is -11.3. The molecule has 1 unspecified atom stereocenters. The summed E-state index contributed by atoms with van der Waals surface area (Å²) >= 11 is 0. The average Bonchev–Trinajstić information content (AvgIpc) is 3.49. The van der Waals surface area contributed by atoms with Crippen LogP contribution in [0.5, 0.6) is 0 Å². The molecular weight excluding hydrogens is 582 g/mol. The summed E-state index contributed by atoms with van der Waals surface area (Å²) < 4.78 is 51.3. The number of carbonyl (C=O) groups excluding carboxylic acids is 4. The summed E-state index contributed by atoms with van der Waals surface area (Å²) in [5, 5.41) is 7.41. The maximum Gasteiger partial charge on any atom is 0.403 e. The predicted molar refractivity (Wildman–Crippen MR) is 144 cm³/mol. The van der Waals surface area contributed by atoms with Crippen LogP contribution in [0, 0.1) is 11.6 Å². The molecule has 0 radical (unpaired) electrons. The number of H-pyrrole nitrogens is 1. The van der Waals surface area contributed by atoms with Crippen molar-refractivity contribution in [3.05, 3.63) is 89.2 Å². The number of rotatable bonds is 4. The van der Waals surface area contributed by atoms with E-state index in [9.17, 15) is 28.0 Å². The van der Waals surface area contributed by atoms with Gasteiger partial charge in [-0.2, -0.15) is 5.10 Å². The second-order valence-electron chi connectivity index (χ2n) is 10.9. The van der Waals surface area contributed by atoms with Gasteiger partial charge in [0, 0.05) is 68.5 Å². The third-order valence-corrected chi connectivity index (χ3v) is 8.23. The van der Waals surface area contributed by atoms with Crippen LogP contribution < -0.4 is 0 Å². The van der Waals surface area contributed by atoms with E-state index >= 15 is 0 Å². The summed E-state index contributed by atoms with van der Waals surface area (Å²) in [6.07, 6.45) is 3.52. The Balaban J connectivity index is 1.33. The molecule has 2 aromatic carbocycles. The molecule has 1 aromatic heterocycles. The number of nitrogens with zero attached hydrogens (tertiary/aromatic N) is 3. The Hall–Kier alpha value is -4.95. The lowest BCUT2D eigenvalue weighted by Gasteiger charge is -2.54. The van der Waals surface area contributed by atoms with Crippen molar-refractivity contribution in [2.24, 2.45) is 0 Å². The number of hydrogen-bond donors (Lipinski definition) is 1. The quantitative estimate of drug-likeness (QED) is 0.438. The Kier molecular flexibility index (Phi) is 6.55. The molecule has 5 heterocycles. The van der Waals surface area contributed by atoms with E-state index in [0.717, 1.165) is 35.4 Å². The summed E-state index contributed by atoms with van der Waals surface area (Å²) in [6, 6.07) is 8.42. The van der Waals surface area contributed by atoms with E-state index in [1.807, 2.05) is 4.90 Å². The molecule has 1 fully saturated rings. The van der Waals surface area contributed by atoms with Gasteiger partial charge in [0.05, 0.1) is 17.1 Å². The Labute approximate surface area is 247 Å². The van der Waals surface area contributed by atoms with Gasteiger partial charge in [-0.1, -0.05) is 6.07 Å². The van der Waals surface area contributed by atoms with Crippen molar-refractivity contribution in [3.63, 3.8) is 0 Å². The summed E-state index contributed by atoms with van der Waals surface area (Å²) in [4.78, 5) is 55.7. The summed E-state index contributed by atoms with van der Waals surface area (Å²) in [7, 11) is 0. The van der Waals surface area contributed by atoms with Crippen molar-refractivity contribution in [2.75, 3.05) is 19.6 Å². The molecule has 0 amide bonds. The second-order valence-corrected chi connectivity index (χ2v) is 10.9. The van der Waals surface area contributed by atoms with Gasteiger partial charge in [0.15, 0.2) is 0 Å². The fraction of sp³-hybridized carbons (Fsp3) is 0.300. The number of piperidine rings is 1. The monoisotopic (exact) mass is 606 g/mol. The Bertz CT molecular complexity index is 1750. The first-order chi connectivity index (χ1) is 21.2. The number of carbonyl (C=O) groups is 4. The van der Waals surface area contributed by atoms with Crippen LogP contribution in [0.1, 0.15) is 29.2 Å². The molecule has 0 bridgehead atoms. The van der Waals surface area contributed by atoms with Gasteiger partial charge in [0.2, 0.25) is 0 Å². The van der Waals surface area contributed by atoms with Crippen LogP contribution >= 0.6 is 0 Å². The summed E-state index contributed by atoms with van der Waals surface area (Å²) in [6.45, 7) is 1.42. The first-order valence-corrected chi connectivity index (χ1v) is 13.8. The van der Waals surface area contributed by atoms with Crippen LogP contribution in [0.25, 0.3) is 10.9 Å². The molecule has 1 atom stereocenters. The maximum atomic E-state index is 14.0. The summed E-state index contributed by atoms with van der Waals surface area (Å²) in [5.41, 5.74) is 2.28. The van der Waals surface area contributed by atoms with E-state index in [-0.39, 0.29) is 36.5 Å². The Morgan fingerprint density at radius 2 is 1.41 bits per heavy atom. The average molecular weight is 607 g/mol. The molecule has 1 N–H and O–H groups in total. The highest BCUT2D eigenvalue weighted by molar-refractivity contribution is 5.95. The van der Waals surface area contributed by atoms with Crippen molar-refractivity contribution in [1.29, 1.82) is 0 Å². The molecule has 7 rings (SSSR count). The highest BCUT2D eigenvalue weighted by Crippen LogP contribution is 2.53. The van der Waals surface area contributed by atoms with Gasteiger partial charge in [0.1, 0.15) is 11.6 Å². The van der Waals surface area contributed by atoms with Crippen LogP contribution in [0.4, 0.5) is 8.78 Å². The van der Waals surface area contributed by atoms with Crippen LogP contribution in [0.3, 0.4) is 0 Å². The molecule has 226 valence electrons. The minimum atomic E-state index is -2.60. The number of aromatic nitrogens is 2. The third-order valence-electron chi connectivity index (χ3n) is 8.23. The molecule has 2 spiro atoms. The van der Waals surface area contributed by atoms with Gasteiger partial charge in [0.25, 0.3) is 0 Å². The lowest BCUT2D eigenvalue weighted by atomic mass is 9.82. The number of benzene rings is 2. The molecule has 3 aromatic rings. The van der Waals surface area contributed by atoms with E-state index < -0.39 is 47.3 Å². The number of fused-ring (bicyclic) bond motifs is 3. The van der Waals surface area contributed by atoms with E-state index in [1.54, 1.807) is 6.07 Å². The fourth-order valence-electron chi connectivity index (χ4n) is 6.35. The molecule has 44 heavy (non-hydrogen) atoms. The zero-order valence-electron chi connectivity index (χ0n) is 23.0. The predicted octanol–water partition coefficient (Wildman–Crippen LogP) is 2.31.